The molecular weight excluding hydrogens is 346 g/mol. The molecule has 0 aliphatic carbocycles. The molecule has 0 saturated heterocycles. The first-order chi connectivity index (χ1) is 13.0. The molecule has 27 heavy (non-hydrogen) atoms. The van der Waals surface area contributed by atoms with Gasteiger partial charge in [-0.15, -0.1) is 0 Å². The zero-order valence-corrected chi connectivity index (χ0v) is 15.7. The van der Waals surface area contributed by atoms with Crippen LogP contribution in [0.3, 0.4) is 0 Å². The molecule has 3 rings (SSSR count). The van der Waals surface area contributed by atoms with Crippen LogP contribution in [0.25, 0.3) is 0 Å². The summed E-state index contributed by atoms with van der Waals surface area (Å²) in [7, 11) is 0. The third-order valence-corrected chi connectivity index (χ3v) is 4.70. The Balaban J connectivity index is 1.59. The molecule has 0 bridgehead atoms. The Bertz CT molecular complexity index is 776. The summed E-state index contributed by atoms with van der Waals surface area (Å²) in [5, 5.41) is 9.48. The van der Waals surface area contributed by atoms with Gasteiger partial charge in [0.25, 0.3) is 0 Å². The van der Waals surface area contributed by atoms with E-state index in [1.54, 1.807) is 38.1 Å². The van der Waals surface area contributed by atoms with Gasteiger partial charge in [-0.2, -0.15) is 0 Å². The maximum absolute atomic E-state index is 11.6. The highest BCUT2D eigenvalue weighted by Crippen LogP contribution is 2.31. The molecule has 1 aliphatic rings. The quantitative estimate of drug-likeness (QED) is 0.768. The summed E-state index contributed by atoms with van der Waals surface area (Å²) in [6.45, 7) is 6.42. The number of benzene rings is 2. The lowest BCUT2D eigenvalue weighted by molar-refractivity contribution is -0.164. The first-order valence-corrected chi connectivity index (χ1v) is 9.12. The van der Waals surface area contributed by atoms with Crippen molar-refractivity contribution < 1.29 is 24.1 Å². The topological polar surface area (TPSA) is 68.2 Å². The average Bonchev–Trinajstić information content (AvgIpc) is 2.68. The highest BCUT2D eigenvalue weighted by Gasteiger charge is 2.35. The van der Waals surface area contributed by atoms with Gasteiger partial charge in [0.05, 0.1) is 18.8 Å². The number of para-hydroxylation sites is 2. The van der Waals surface area contributed by atoms with Gasteiger partial charge in [-0.25, -0.2) is 4.79 Å². The Morgan fingerprint density at radius 2 is 1.96 bits per heavy atom. The van der Waals surface area contributed by atoms with E-state index in [1.165, 1.54) is 0 Å². The van der Waals surface area contributed by atoms with Crippen LogP contribution in [0.2, 0.25) is 0 Å². The number of fused-ring (bicyclic) bond motifs is 1. The van der Waals surface area contributed by atoms with Crippen molar-refractivity contribution in [2.24, 2.45) is 0 Å². The monoisotopic (exact) mass is 371 g/mol. The van der Waals surface area contributed by atoms with Crippen molar-refractivity contribution in [1.82, 2.24) is 0 Å². The van der Waals surface area contributed by atoms with Crippen LogP contribution in [0.1, 0.15) is 19.4 Å². The lowest BCUT2D eigenvalue weighted by Crippen LogP contribution is -2.36. The molecule has 6 nitrogen and oxygen atoms in total. The van der Waals surface area contributed by atoms with E-state index in [1.807, 2.05) is 24.3 Å². The zero-order chi connectivity index (χ0) is 19.3. The minimum absolute atomic E-state index is 0.322. The SMILES string of the molecule is CCOC(C)(C(=O)O)c1ccc(OCCN2CCOc3ccccc32)cc1. The third-order valence-electron chi connectivity index (χ3n) is 4.70. The lowest BCUT2D eigenvalue weighted by atomic mass is 9.96. The molecule has 1 heterocycles. The van der Waals surface area contributed by atoms with E-state index in [9.17, 15) is 9.90 Å². The van der Waals surface area contributed by atoms with Crippen molar-refractivity contribution in [3.05, 3.63) is 54.1 Å². The first kappa shape index (κ1) is 19.0. The number of carboxylic acid groups (broad SMARTS) is 1. The number of hydrogen-bond acceptors (Lipinski definition) is 5. The number of carboxylic acids is 1. The van der Waals surface area contributed by atoms with Crippen molar-refractivity contribution in [1.29, 1.82) is 0 Å². The molecule has 144 valence electrons. The van der Waals surface area contributed by atoms with Gasteiger partial charge in [0.2, 0.25) is 0 Å². The molecule has 1 N–H and O–H groups in total. The van der Waals surface area contributed by atoms with Crippen LogP contribution in [0.4, 0.5) is 5.69 Å². The van der Waals surface area contributed by atoms with Crippen LogP contribution in [-0.4, -0.2) is 44.0 Å². The third kappa shape index (κ3) is 4.17. The molecule has 0 fully saturated rings. The second-order valence-electron chi connectivity index (χ2n) is 6.45. The van der Waals surface area contributed by atoms with Crippen molar-refractivity contribution >= 4 is 11.7 Å². The Labute approximate surface area is 159 Å². The van der Waals surface area contributed by atoms with Gasteiger partial charge in [0, 0.05) is 6.61 Å². The van der Waals surface area contributed by atoms with E-state index in [2.05, 4.69) is 4.90 Å². The number of anilines is 1. The minimum Gasteiger partial charge on any atom is -0.492 e. The van der Waals surface area contributed by atoms with Crippen LogP contribution in [0, 0.1) is 0 Å². The van der Waals surface area contributed by atoms with E-state index >= 15 is 0 Å². The molecule has 2 aromatic rings. The number of nitrogens with zero attached hydrogens (tertiary/aromatic N) is 1. The molecule has 2 aromatic carbocycles. The van der Waals surface area contributed by atoms with Crippen LogP contribution < -0.4 is 14.4 Å². The molecule has 6 heteroatoms. The maximum atomic E-state index is 11.6. The fourth-order valence-electron chi connectivity index (χ4n) is 3.16. The first-order valence-electron chi connectivity index (χ1n) is 9.12. The molecule has 0 spiro atoms. The van der Waals surface area contributed by atoms with Crippen LogP contribution in [0.5, 0.6) is 11.5 Å². The highest BCUT2D eigenvalue weighted by molar-refractivity contribution is 5.79. The van der Waals surface area contributed by atoms with Gasteiger partial charge in [-0.05, 0) is 43.7 Å². The highest BCUT2D eigenvalue weighted by atomic mass is 16.5. The fourth-order valence-corrected chi connectivity index (χ4v) is 3.16. The number of carbonyl (C=O) groups is 1. The van der Waals surface area contributed by atoms with Gasteiger partial charge in [0.15, 0.2) is 5.60 Å². The van der Waals surface area contributed by atoms with Gasteiger partial charge >= 0.3 is 5.97 Å². The molecule has 0 radical (unpaired) electrons. The summed E-state index contributed by atoms with van der Waals surface area (Å²) < 4.78 is 17.0. The van der Waals surface area contributed by atoms with E-state index in [4.69, 9.17) is 14.2 Å². The second kappa shape index (κ2) is 8.31. The maximum Gasteiger partial charge on any atom is 0.340 e. The van der Waals surface area contributed by atoms with E-state index < -0.39 is 11.6 Å². The summed E-state index contributed by atoms with van der Waals surface area (Å²) in [6, 6.07) is 15.0. The predicted molar refractivity (Wildman–Crippen MR) is 103 cm³/mol. The number of rotatable bonds is 8. The van der Waals surface area contributed by atoms with E-state index in [0.717, 1.165) is 24.5 Å². The average molecular weight is 371 g/mol. The van der Waals surface area contributed by atoms with E-state index in [-0.39, 0.29) is 0 Å². The summed E-state index contributed by atoms with van der Waals surface area (Å²) in [5.41, 5.74) is 0.313. The Kier molecular flexibility index (Phi) is 5.86. The number of ether oxygens (including phenoxy) is 3. The smallest absolute Gasteiger partial charge is 0.340 e. The van der Waals surface area contributed by atoms with Gasteiger partial charge < -0.3 is 24.2 Å². The summed E-state index contributed by atoms with van der Waals surface area (Å²) >= 11 is 0. The largest absolute Gasteiger partial charge is 0.492 e. The van der Waals surface area contributed by atoms with E-state index in [0.29, 0.717) is 31.1 Å². The Morgan fingerprint density at radius 1 is 1.22 bits per heavy atom. The lowest BCUT2D eigenvalue weighted by Gasteiger charge is -2.31. The summed E-state index contributed by atoms with van der Waals surface area (Å²) in [4.78, 5) is 13.8. The van der Waals surface area contributed by atoms with Gasteiger partial charge in [-0.1, -0.05) is 24.3 Å². The molecule has 0 aromatic heterocycles. The van der Waals surface area contributed by atoms with Crippen molar-refractivity contribution in [3.63, 3.8) is 0 Å². The molecule has 1 atom stereocenters. The number of hydrogen-bond donors (Lipinski definition) is 1. The Morgan fingerprint density at radius 3 is 2.67 bits per heavy atom. The van der Waals surface area contributed by atoms with Crippen molar-refractivity contribution in [3.8, 4) is 11.5 Å². The number of aliphatic carboxylic acids is 1. The summed E-state index contributed by atoms with van der Waals surface area (Å²) in [6.07, 6.45) is 0. The predicted octanol–water partition coefficient (Wildman–Crippen LogP) is 3.30. The fraction of sp³-hybridized carbons (Fsp3) is 0.381. The van der Waals surface area contributed by atoms with Crippen LogP contribution in [0.15, 0.2) is 48.5 Å². The summed E-state index contributed by atoms with van der Waals surface area (Å²) in [5.74, 6) is 0.588. The van der Waals surface area contributed by atoms with Crippen LogP contribution in [-0.2, 0) is 15.1 Å². The molecule has 0 amide bonds. The van der Waals surface area contributed by atoms with Gasteiger partial charge in [0.1, 0.15) is 24.7 Å². The molecule has 0 saturated carbocycles. The second-order valence-corrected chi connectivity index (χ2v) is 6.45. The molecule has 1 aliphatic heterocycles. The molecular formula is C21H25NO5. The van der Waals surface area contributed by atoms with Crippen molar-refractivity contribution in [2.45, 2.75) is 19.4 Å². The van der Waals surface area contributed by atoms with Crippen molar-refractivity contribution in [2.75, 3.05) is 37.8 Å². The van der Waals surface area contributed by atoms with Gasteiger partial charge in [-0.3, -0.25) is 0 Å². The normalized spacial score (nSPS) is 15.4. The van der Waals surface area contributed by atoms with Crippen LogP contribution >= 0.6 is 0 Å². The molecule has 1 unspecified atom stereocenters. The Hall–Kier alpha value is -2.73. The minimum atomic E-state index is -1.36. The zero-order valence-electron chi connectivity index (χ0n) is 15.7. The standard InChI is InChI=1S/C21H25NO5/c1-3-27-21(2,20(23)24)16-8-10-17(11-9-16)25-14-12-22-13-15-26-19-7-5-4-6-18(19)22/h4-11H,3,12-15H2,1-2H3,(H,23,24).